The summed E-state index contributed by atoms with van der Waals surface area (Å²) in [6, 6.07) is 2.33. The minimum Gasteiger partial charge on any atom is -0.467 e. The van der Waals surface area contributed by atoms with Gasteiger partial charge in [-0.15, -0.1) is 0 Å². The number of methoxy groups -OCH3 is 1. The van der Waals surface area contributed by atoms with Gasteiger partial charge in [-0.3, -0.25) is 4.79 Å². The van der Waals surface area contributed by atoms with Gasteiger partial charge in [-0.1, -0.05) is 18.9 Å². The van der Waals surface area contributed by atoms with Gasteiger partial charge in [0.2, 0.25) is 5.91 Å². The molecule has 1 aromatic carbocycles. The fourth-order valence-electron chi connectivity index (χ4n) is 2.13. The SMILES string of the molecule is COC(=O)[C@@H](CC1CC1)NC(=O)Cc1ccc(F)cc1F. The molecular formula is C15H17F2NO3. The Morgan fingerprint density at radius 1 is 1.38 bits per heavy atom. The molecule has 1 N–H and O–H groups in total. The molecule has 0 saturated heterocycles. The average molecular weight is 297 g/mol. The minimum absolute atomic E-state index is 0.0870. The minimum atomic E-state index is -0.776. The molecule has 1 aliphatic rings. The van der Waals surface area contributed by atoms with Crippen molar-refractivity contribution < 1.29 is 23.1 Å². The number of esters is 1. The zero-order valence-electron chi connectivity index (χ0n) is 11.7. The number of carbonyl (C=O) groups is 2. The van der Waals surface area contributed by atoms with Crippen molar-refractivity contribution in [1.82, 2.24) is 5.32 Å². The lowest BCUT2D eigenvalue weighted by molar-refractivity contribution is -0.145. The van der Waals surface area contributed by atoms with Crippen molar-refractivity contribution in [2.45, 2.75) is 31.7 Å². The maximum atomic E-state index is 13.5. The molecule has 114 valence electrons. The Balaban J connectivity index is 1.96. The molecule has 1 aliphatic carbocycles. The first-order chi connectivity index (χ1) is 9.99. The predicted molar refractivity (Wildman–Crippen MR) is 71.3 cm³/mol. The van der Waals surface area contributed by atoms with Gasteiger partial charge in [0, 0.05) is 6.07 Å². The van der Waals surface area contributed by atoms with Gasteiger partial charge < -0.3 is 10.1 Å². The first-order valence-electron chi connectivity index (χ1n) is 6.80. The third-order valence-electron chi connectivity index (χ3n) is 3.45. The molecule has 1 saturated carbocycles. The fourth-order valence-corrected chi connectivity index (χ4v) is 2.13. The second-order valence-corrected chi connectivity index (χ2v) is 5.23. The van der Waals surface area contributed by atoms with Crippen LogP contribution in [0.3, 0.4) is 0 Å². The van der Waals surface area contributed by atoms with Crippen LogP contribution in [-0.2, 0) is 20.7 Å². The number of benzene rings is 1. The summed E-state index contributed by atoms with van der Waals surface area (Å²) in [6.45, 7) is 0. The lowest BCUT2D eigenvalue weighted by Crippen LogP contribution is -2.42. The van der Waals surface area contributed by atoms with E-state index >= 15 is 0 Å². The molecule has 6 heteroatoms. The molecular weight excluding hydrogens is 280 g/mol. The van der Waals surface area contributed by atoms with Gasteiger partial charge >= 0.3 is 5.97 Å². The van der Waals surface area contributed by atoms with E-state index in [4.69, 9.17) is 0 Å². The monoisotopic (exact) mass is 297 g/mol. The highest BCUT2D eigenvalue weighted by Crippen LogP contribution is 2.33. The van der Waals surface area contributed by atoms with E-state index in [1.807, 2.05) is 0 Å². The zero-order valence-corrected chi connectivity index (χ0v) is 11.7. The quantitative estimate of drug-likeness (QED) is 0.817. The number of nitrogens with one attached hydrogen (secondary N) is 1. The van der Waals surface area contributed by atoms with Gasteiger partial charge in [-0.05, 0) is 24.0 Å². The molecule has 1 fully saturated rings. The summed E-state index contributed by atoms with van der Waals surface area (Å²) in [7, 11) is 1.26. The second-order valence-electron chi connectivity index (χ2n) is 5.23. The van der Waals surface area contributed by atoms with Crippen LogP contribution in [0.25, 0.3) is 0 Å². The van der Waals surface area contributed by atoms with Crippen molar-refractivity contribution in [3.8, 4) is 0 Å². The summed E-state index contributed by atoms with van der Waals surface area (Å²) in [5, 5.41) is 2.56. The summed E-state index contributed by atoms with van der Waals surface area (Å²) in [5.41, 5.74) is 0.0870. The first kappa shape index (κ1) is 15.4. The smallest absolute Gasteiger partial charge is 0.328 e. The van der Waals surface area contributed by atoms with E-state index in [1.54, 1.807) is 0 Å². The molecule has 0 aromatic heterocycles. The van der Waals surface area contributed by atoms with Crippen LogP contribution in [0.1, 0.15) is 24.8 Å². The standard InChI is InChI=1S/C15H17F2NO3/c1-21-15(20)13(6-9-2-3-9)18-14(19)7-10-4-5-11(16)8-12(10)17/h4-5,8-9,13H,2-3,6-7H2,1H3,(H,18,19)/t13-/m1/s1. The van der Waals surface area contributed by atoms with E-state index in [0.29, 0.717) is 12.3 Å². The van der Waals surface area contributed by atoms with Crippen LogP contribution in [0.2, 0.25) is 0 Å². The van der Waals surface area contributed by atoms with Gasteiger partial charge in [-0.2, -0.15) is 0 Å². The Hall–Kier alpha value is -1.98. The molecule has 1 amide bonds. The van der Waals surface area contributed by atoms with Crippen molar-refractivity contribution in [3.63, 3.8) is 0 Å². The second kappa shape index (κ2) is 6.65. The highest BCUT2D eigenvalue weighted by atomic mass is 19.1. The predicted octanol–water partition coefficient (Wildman–Crippen LogP) is 1.97. The maximum Gasteiger partial charge on any atom is 0.328 e. The van der Waals surface area contributed by atoms with Crippen LogP contribution >= 0.6 is 0 Å². The van der Waals surface area contributed by atoms with E-state index in [0.717, 1.165) is 25.0 Å². The van der Waals surface area contributed by atoms with Gasteiger partial charge in [0.25, 0.3) is 0 Å². The van der Waals surface area contributed by atoms with Gasteiger partial charge in [0.05, 0.1) is 13.5 Å². The number of hydrogen-bond acceptors (Lipinski definition) is 3. The molecule has 0 heterocycles. The van der Waals surface area contributed by atoms with E-state index in [-0.39, 0.29) is 12.0 Å². The first-order valence-corrected chi connectivity index (χ1v) is 6.80. The summed E-state index contributed by atoms with van der Waals surface area (Å²) in [4.78, 5) is 23.5. The molecule has 0 unspecified atom stereocenters. The van der Waals surface area contributed by atoms with E-state index in [1.165, 1.54) is 13.2 Å². The Bertz CT molecular complexity index is 544. The number of hydrogen-bond donors (Lipinski definition) is 1. The highest BCUT2D eigenvalue weighted by Gasteiger charge is 2.31. The van der Waals surface area contributed by atoms with Crippen LogP contribution in [0, 0.1) is 17.6 Å². The number of halogens is 2. The normalized spacial score (nSPS) is 15.4. The van der Waals surface area contributed by atoms with Crippen molar-refractivity contribution in [2.24, 2.45) is 5.92 Å². The molecule has 0 radical (unpaired) electrons. The lowest BCUT2D eigenvalue weighted by Gasteiger charge is -2.16. The van der Waals surface area contributed by atoms with Gasteiger partial charge in [-0.25, -0.2) is 13.6 Å². The molecule has 4 nitrogen and oxygen atoms in total. The van der Waals surface area contributed by atoms with Crippen molar-refractivity contribution >= 4 is 11.9 Å². The third kappa shape index (κ3) is 4.51. The highest BCUT2D eigenvalue weighted by molar-refractivity contribution is 5.85. The van der Waals surface area contributed by atoms with Crippen molar-refractivity contribution in [3.05, 3.63) is 35.4 Å². The molecule has 1 atom stereocenters. The molecule has 0 aliphatic heterocycles. The van der Waals surface area contributed by atoms with Crippen LogP contribution < -0.4 is 5.32 Å². The Morgan fingerprint density at radius 2 is 2.10 bits per heavy atom. The summed E-state index contributed by atoms with van der Waals surface area (Å²) < 4.78 is 30.9. The van der Waals surface area contributed by atoms with Gasteiger partial charge in [0.15, 0.2) is 0 Å². The molecule has 0 bridgehead atoms. The number of carbonyl (C=O) groups excluding carboxylic acids is 2. The van der Waals surface area contributed by atoms with Crippen LogP contribution in [0.4, 0.5) is 8.78 Å². The largest absolute Gasteiger partial charge is 0.467 e. The van der Waals surface area contributed by atoms with Crippen LogP contribution in [0.15, 0.2) is 18.2 Å². The number of rotatable bonds is 6. The average Bonchev–Trinajstić information content (AvgIpc) is 3.24. The summed E-state index contributed by atoms with van der Waals surface area (Å²) >= 11 is 0. The van der Waals surface area contributed by atoms with E-state index in [9.17, 15) is 18.4 Å². The Labute approximate surface area is 121 Å². The van der Waals surface area contributed by atoms with Crippen molar-refractivity contribution in [2.75, 3.05) is 7.11 Å². The summed E-state index contributed by atoms with van der Waals surface area (Å²) in [5.74, 6) is -2.04. The Morgan fingerprint density at radius 3 is 2.67 bits per heavy atom. The topological polar surface area (TPSA) is 55.4 Å². The van der Waals surface area contributed by atoms with E-state index in [2.05, 4.69) is 10.1 Å². The molecule has 0 spiro atoms. The van der Waals surface area contributed by atoms with E-state index < -0.39 is 29.6 Å². The molecule has 1 aromatic rings. The lowest BCUT2D eigenvalue weighted by atomic mass is 10.1. The fraction of sp³-hybridized carbons (Fsp3) is 0.467. The molecule has 21 heavy (non-hydrogen) atoms. The molecule has 2 rings (SSSR count). The van der Waals surface area contributed by atoms with Crippen LogP contribution in [-0.4, -0.2) is 25.0 Å². The third-order valence-corrected chi connectivity index (χ3v) is 3.45. The number of ether oxygens (including phenoxy) is 1. The Kier molecular flexibility index (Phi) is 4.88. The van der Waals surface area contributed by atoms with Gasteiger partial charge in [0.1, 0.15) is 17.7 Å². The zero-order chi connectivity index (χ0) is 15.4. The van der Waals surface area contributed by atoms with Crippen LogP contribution in [0.5, 0.6) is 0 Å². The number of amides is 1. The maximum absolute atomic E-state index is 13.5. The van der Waals surface area contributed by atoms with Crippen molar-refractivity contribution in [1.29, 1.82) is 0 Å². The summed E-state index contributed by atoms with van der Waals surface area (Å²) in [6.07, 6.45) is 2.36.